The molecule has 0 fully saturated rings. The molecule has 0 radical (unpaired) electrons. The van der Waals surface area contributed by atoms with Crippen LogP contribution < -0.4 is 0 Å². The molecule has 1 aromatic carbocycles. The van der Waals surface area contributed by atoms with Gasteiger partial charge in [-0.2, -0.15) is 0 Å². The van der Waals surface area contributed by atoms with Gasteiger partial charge in [0.05, 0.1) is 0 Å². The van der Waals surface area contributed by atoms with Crippen molar-refractivity contribution in [3.8, 4) is 0 Å². The van der Waals surface area contributed by atoms with Crippen LogP contribution in [0.25, 0.3) is 6.08 Å². The molecule has 0 amide bonds. The molecule has 1 rings (SSSR count). The first kappa shape index (κ1) is 16.2. The fraction of sp³-hybridized carbons (Fsp3) is 0.0588. The van der Waals surface area contributed by atoms with E-state index in [9.17, 15) is 9.59 Å². The van der Waals surface area contributed by atoms with Gasteiger partial charge in [-0.3, -0.25) is 0 Å². The predicted molar refractivity (Wildman–Crippen MR) is 81.5 cm³/mol. The highest BCUT2D eigenvalue weighted by Crippen LogP contribution is 2.09. The normalized spacial score (nSPS) is 11.7. The summed E-state index contributed by atoms with van der Waals surface area (Å²) in [5, 5.41) is 8.68. The molecule has 0 saturated heterocycles. The van der Waals surface area contributed by atoms with Crippen LogP contribution in [0.3, 0.4) is 0 Å². The third-order valence-electron chi connectivity index (χ3n) is 2.31. The molecule has 4 heteroatoms. The standard InChI is InChI=1S/C17H16O4/c1-2-12-21-17(20)11-9-15(8-10-16(18)19)13-14-6-4-3-5-7-14/h2-11,13H,1,12H2,(H,18,19). The maximum Gasteiger partial charge on any atom is 0.331 e. The summed E-state index contributed by atoms with van der Waals surface area (Å²) in [5.74, 6) is -1.57. The van der Waals surface area contributed by atoms with Crippen LogP contribution >= 0.6 is 0 Å². The smallest absolute Gasteiger partial charge is 0.331 e. The zero-order valence-corrected chi connectivity index (χ0v) is 11.4. The average molecular weight is 284 g/mol. The van der Waals surface area contributed by atoms with Crippen molar-refractivity contribution < 1.29 is 19.4 Å². The summed E-state index contributed by atoms with van der Waals surface area (Å²) in [6, 6.07) is 9.36. The van der Waals surface area contributed by atoms with E-state index in [0.717, 1.165) is 11.6 Å². The predicted octanol–water partition coefficient (Wildman–Crippen LogP) is 3.00. The third-order valence-corrected chi connectivity index (χ3v) is 2.31. The number of benzene rings is 1. The largest absolute Gasteiger partial charge is 0.478 e. The minimum Gasteiger partial charge on any atom is -0.478 e. The summed E-state index contributed by atoms with van der Waals surface area (Å²) in [6.07, 6.45) is 8.39. The molecule has 0 aliphatic carbocycles. The SMILES string of the molecule is C=CCOC(=O)C=CC(C=CC(=O)O)=Cc1ccccc1. The highest BCUT2D eigenvalue weighted by atomic mass is 16.5. The number of carboxylic acid groups (broad SMARTS) is 1. The Kier molecular flexibility index (Phi) is 7.00. The Morgan fingerprint density at radius 2 is 1.76 bits per heavy atom. The molecule has 0 bridgehead atoms. The van der Waals surface area contributed by atoms with Crippen molar-refractivity contribution in [2.75, 3.05) is 6.61 Å². The molecule has 0 aromatic heterocycles. The minimum atomic E-state index is -1.06. The van der Waals surface area contributed by atoms with Crippen molar-refractivity contribution in [3.63, 3.8) is 0 Å². The fourth-order valence-corrected chi connectivity index (χ4v) is 1.41. The van der Waals surface area contributed by atoms with Crippen molar-refractivity contribution in [3.05, 3.63) is 78.4 Å². The lowest BCUT2D eigenvalue weighted by Gasteiger charge is -1.98. The first-order chi connectivity index (χ1) is 10.1. The van der Waals surface area contributed by atoms with E-state index in [-0.39, 0.29) is 6.61 Å². The molecule has 1 aromatic rings. The number of ether oxygens (including phenoxy) is 1. The molecule has 108 valence electrons. The lowest BCUT2D eigenvalue weighted by molar-refractivity contribution is -0.136. The van der Waals surface area contributed by atoms with Crippen LogP contribution in [0, 0.1) is 0 Å². The molecule has 4 nitrogen and oxygen atoms in total. The van der Waals surface area contributed by atoms with Gasteiger partial charge < -0.3 is 9.84 Å². The van der Waals surface area contributed by atoms with E-state index in [4.69, 9.17) is 9.84 Å². The van der Waals surface area contributed by atoms with E-state index in [1.807, 2.05) is 30.3 Å². The van der Waals surface area contributed by atoms with Crippen LogP contribution in [0.2, 0.25) is 0 Å². The molecule has 0 atom stereocenters. The lowest BCUT2D eigenvalue weighted by atomic mass is 10.1. The summed E-state index contributed by atoms with van der Waals surface area (Å²) in [5.41, 5.74) is 1.46. The second-order valence-corrected chi connectivity index (χ2v) is 3.98. The Hall–Kier alpha value is -2.88. The third kappa shape index (κ3) is 7.32. The second-order valence-electron chi connectivity index (χ2n) is 3.98. The Morgan fingerprint density at radius 3 is 2.38 bits per heavy atom. The van der Waals surface area contributed by atoms with Gasteiger partial charge in [0, 0.05) is 12.2 Å². The van der Waals surface area contributed by atoms with Crippen molar-refractivity contribution in [2.24, 2.45) is 0 Å². The fourth-order valence-electron chi connectivity index (χ4n) is 1.41. The van der Waals surface area contributed by atoms with Gasteiger partial charge in [0.1, 0.15) is 6.61 Å². The van der Waals surface area contributed by atoms with Gasteiger partial charge in [-0.1, -0.05) is 43.0 Å². The van der Waals surface area contributed by atoms with Crippen LogP contribution in [0.4, 0.5) is 0 Å². The molecule has 0 saturated carbocycles. The van der Waals surface area contributed by atoms with Crippen LogP contribution in [0.15, 0.2) is 72.9 Å². The van der Waals surface area contributed by atoms with Crippen LogP contribution in [0.1, 0.15) is 5.56 Å². The van der Waals surface area contributed by atoms with Gasteiger partial charge >= 0.3 is 11.9 Å². The molecular formula is C17H16O4. The number of rotatable bonds is 7. The molecule has 21 heavy (non-hydrogen) atoms. The Bertz CT molecular complexity index is 580. The second kappa shape index (κ2) is 9.09. The minimum absolute atomic E-state index is 0.131. The van der Waals surface area contributed by atoms with E-state index in [0.29, 0.717) is 5.57 Å². The van der Waals surface area contributed by atoms with E-state index in [1.54, 1.807) is 6.08 Å². The number of aliphatic carboxylic acids is 1. The molecule has 0 unspecified atom stereocenters. The van der Waals surface area contributed by atoms with Gasteiger partial charge in [-0.05, 0) is 29.4 Å². The molecule has 0 aliphatic rings. The van der Waals surface area contributed by atoms with E-state index in [1.165, 1.54) is 24.3 Å². The average Bonchev–Trinajstić information content (AvgIpc) is 2.48. The highest BCUT2D eigenvalue weighted by Gasteiger charge is 1.96. The monoisotopic (exact) mass is 284 g/mol. The quantitative estimate of drug-likeness (QED) is 0.362. The van der Waals surface area contributed by atoms with Crippen molar-refractivity contribution in [1.29, 1.82) is 0 Å². The van der Waals surface area contributed by atoms with Crippen LogP contribution in [-0.4, -0.2) is 23.7 Å². The Morgan fingerprint density at radius 1 is 1.10 bits per heavy atom. The molecular weight excluding hydrogens is 268 g/mol. The van der Waals surface area contributed by atoms with Gasteiger partial charge in [0.15, 0.2) is 0 Å². The van der Waals surface area contributed by atoms with Crippen LogP contribution in [-0.2, 0) is 14.3 Å². The van der Waals surface area contributed by atoms with E-state index in [2.05, 4.69) is 6.58 Å². The number of esters is 1. The molecule has 0 heterocycles. The zero-order valence-electron chi connectivity index (χ0n) is 11.4. The van der Waals surface area contributed by atoms with Gasteiger partial charge in [0.2, 0.25) is 0 Å². The highest BCUT2D eigenvalue weighted by molar-refractivity contribution is 5.84. The first-order valence-corrected chi connectivity index (χ1v) is 6.25. The van der Waals surface area contributed by atoms with E-state index >= 15 is 0 Å². The van der Waals surface area contributed by atoms with Gasteiger partial charge in [-0.15, -0.1) is 0 Å². The van der Waals surface area contributed by atoms with Crippen molar-refractivity contribution in [2.45, 2.75) is 0 Å². The van der Waals surface area contributed by atoms with Crippen LogP contribution in [0.5, 0.6) is 0 Å². The maximum atomic E-state index is 11.4. The van der Waals surface area contributed by atoms with E-state index < -0.39 is 11.9 Å². The molecule has 0 aliphatic heterocycles. The summed E-state index contributed by atoms with van der Waals surface area (Å²) in [7, 11) is 0. The number of carbonyl (C=O) groups excluding carboxylic acids is 1. The first-order valence-electron chi connectivity index (χ1n) is 6.25. The molecule has 1 N–H and O–H groups in total. The number of carbonyl (C=O) groups is 2. The summed E-state index contributed by atoms with van der Waals surface area (Å²) in [6.45, 7) is 3.57. The number of allylic oxidation sites excluding steroid dienone is 3. The van der Waals surface area contributed by atoms with Gasteiger partial charge in [-0.25, -0.2) is 9.59 Å². The Balaban J connectivity index is 2.90. The van der Waals surface area contributed by atoms with Gasteiger partial charge in [0.25, 0.3) is 0 Å². The Labute approximate surface area is 123 Å². The summed E-state index contributed by atoms with van der Waals surface area (Å²) >= 11 is 0. The van der Waals surface area contributed by atoms with Crippen molar-refractivity contribution in [1.82, 2.24) is 0 Å². The topological polar surface area (TPSA) is 63.6 Å². The summed E-state index contributed by atoms with van der Waals surface area (Å²) in [4.78, 5) is 22.0. The lowest BCUT2D eigenvalue weighted by Crippen LogP contribution is -1.99. The summed E-state index contributed by atoms with van der Waals surface area (Å²) < 4.78 is 4.81. The molecule has 0 spiro atoms. The zero-order chi connectivity index (χ0) is 15.5. The number of hydrogen-bond donors (Lipinski definition) is 1. The maximum absolute atomic E-state index is 11.4. The number of hydrogen-bond acceptors (Lipinski definition) is 3. The van der Waals surface area contributed by atoms with Crippen molar-refractivity contribution >= 4 is 18.0 Å². The number of carboxylic acids is 1.